The Morgan fingerprint density at radius 2 is 1.66 bits per heavy atom. The first kappa shape index (κ1) is 30.2. The van der Waals surface area contributed by atoms with Gasteiger partial charge in [0.15, 0.2) is 11.6 Å². The van der Waals surface area contributed by atoms with Crippen LogP contribution in [0.4, 0.5) is 0 Å². The Labute approximate surface area is 245 Å². The molecule has 1 amide bonds. The quantitative estimate of drug-likeness (QED) is 0.510. The van der Waals surface area contributed by atoms with Gasteiger partial charge in [-0.05, 0) is 78.8 Å². The molecule has 0 radical (unpaired) electrons. The van der Waals surface area contributed by atoms with Crippen LogP contribution in [-0.2, 0) is 14.4 Å². The van der Waals surface area contributed by atoms with E-state index < -0.39 is 33.9 Å². The number of hydrogen-bond acceptors (Lipinski definition) is 6. The zero-order chi connectivity index (χ0) is 30.6. The molecule has 8 atom stereocenters. The van der Waals surface area contributed by atoms with Crippen LogP contribution in [-0.4, -0.2) is 58.4 Å². The Hall–Kier alpha value is -2.30. The number of carbonyl (C=O) groups is 3. The minimum atomic E-state index is -1.58. The molecule has 5 aliphatic carbocycles. The first-order chi connectivity index (χ1) is 18.8. The van der Waals surface area contributed by atoms with Gasteiger partial charge in [0, 0.05) is 35.8 Å². The van der Waals surface area contributed by atoms with Crippen LogP contribution in [0.2, 0.25) is 0 Å². The highest BCUT2D eigenvalue weighted by atomic mass is 16.3. The minimum Gasteiger partial charge on any atom is -0.387 e. The van der Waals surface area contributed by atoms with Crippen molar-refractivity contribution in [2.45, 2.75) is 99.0 Å². The maximum Gasteiger partial charge on any atom is 0.248 e. The van der Waals surface area contributed by atoms with Crippen molar-refractivity contribution in [3.8, 4) is 6.07 Å². The van der Waals surface area contributed by atoms with Gasteiger partial charge in [0.25, 0.3) is 0 Å². The Morgan fingerprint density at radius 3 is 2.27 bits per heavy atom. The summed E-state index contributed by atoms with van der Waals surface area (Å²) in [6, 6.07) is 2.15. The first-order valence-electron chi connectivity index (χ1n) is 15.3. The third-order valence-corrected chi connectivity index (χ3v) is 13.5. The summed E-state index contributed by atoms with van der Waals surface area (Å²) < 4.78 is 0. The number of carbonyl (C=O) groups excluding carboxylic acids is 3. The summed E-state index contributed by atoms with van der Waals surface area (Å²) in [6.07, 6.45) is 9.04. The van der Waals surface area contributed by atoms with Crippen molar-refractivity contribution < 1.29 is 24.6 Å². The lowest BCUT2D eigenvalue weighted by molar-refractivity contribution is -0.243. The standard InChI is InChI=1S/C34H48N2O5/c1-28(2)22-9-10-32(6)23(31(22,5)16-21(18-35)27(28)40)15-25(38)34(41)24-17-29(3,20-36(8)26(39)19-37)11-12-30(24,4)13-14-33(32,34)7/h15-16,22,24,37,41H,9-14,17,19-20H2,1-8H3/t22-,24+,29-,30+,31-,32+,33-,34+/m0/s1. The summed E-state index contributed by atoms with van der Waals surface area (Å²) in [6.45, 7) is 14.6. The molecular formula is C34H48N2O5. The number of nitriles is 1. The maximum absolute atomic E-state index is 14.6. The lowest BCUT2D eigenvalue weighted by Gasteiger charge is -2.71. The van der Waals surface area contributed by atoms with E-state index in [4.69, 9.17) is 0 Å². The van der Waals surface area contributed by atoms with Crippen molar-refractivity contribution in [1.29, 1.82) is 5.26 Å². The molecule has 0 saturated heterocycles. The molecule has 0 aromatic heterocycles. The van der Waals surface area contributed by atoms with Gasteiger partial charge in [0.1, 0.15) is 18.3 Å². The number of amides is 1. The second kappa shape index (κ2) is 8.86. The molecular weight excluding hydrogens is 516 g/mol. The van der Waals surface area contributed by atoms with E-state index in [1.54, 1.807) is 18.0 Å². The van der Waals surface area contributed by atoms with Gasteiger partial charge in [-0.25, -0.2) is 0 Å². The molecule has 0 aliphatic heterocycles. The van der Waals surface area contributed by atoms with Crippen molar-refractivity contribution in [2.75, 3.05) is 20.2 Å². The van der Waals surface area contributed by atoms with E-state index in [0.717, 1.165) is 37.7 Å². The Bertz CT molecular complexity index is 1320. The van der Waals surface area contributed by atoms with Crippen molar-refractivity contribution in [3.63, 3.8) is 0 Å². The fourth-order valence-corrected chi connectivity index (χ4v) is 10.8. The van der Waals surface area contributed by atoms with Gasteiger partial charge < -0.3 is 15.1 Å². The molecule has 0 unspecified atom stereocenters. The number of aliphatic hydroxyl groups is 2. The Kier molecular flexibility index (Phi) is 6.52. The van der Waals surface area contributed by atoms with E-state index in [2.05, 4.69) is 40.7 Å². The Balaban J connectivity index is 1.64. The van der Waals surface area contributed by atoms with Gasteiger partial charge in [0.05, 0.1) is 5.57 Å². The summed E-state index contributed by atoms with van der Waals surface area (Å²) >= 11 is 0. The zero-order valence-electron chi connectivity index (χ0n) is 26.2. The van der Waals surface area contributed by atoms with Crippen LogP contribution in [0.5, 0.6) is 0 Å². The van der Waals surface area contributed by atoms with Crippen molar-refractivity contribution in [3.05, 3.63) is 23.3 Å². The van der Waals surface area contributed by atoms with E-state index in [0.29, 0.717) is 19.4 Å². The highest BCUT2D eigenvalue weighted by Crippen LogP contribution is 2.75. The van der Waals surface area contributed by atoms with Crippen molar-refractivity contribution >= 4 is 17.5 Å². The number of nitrogens with zero attached hydrogens (tertiary/aromatic N) is 2. The molecule has 0 aromatic rings. The monoisotopic (exact) mass is 564 g/mol. The highest BCUT2D eigenvalue weighted by Gasteiger charge is 2.75. The summed E-state index contributed by atoms with van der Waals surface area (Å²) in [5, 5.41) is 32.3. The van der Waals surface area contributed by atoms with Gasteiger partial charge in [-0.3, -0.25) is 14.4 Å². The molecule has 5 rings (SSSR count). The van der Waals surface area contributed by atoms with E-state index in [9.17, 15) is 29.9 Å². The fraction of sp³-hybridized carbons (Fsp3) is 0.765. The molecule has 0 heterocycles. The van der Waals surface area contributed by atoms with Crippen LogP contribution in [0.3, 0.4) is 0 Å². The Morgan fingerprint density at radius 1 is 1.02 bits per heavy atom. The summed E-state index contributed by atoms with van der Waals surface area (Å²) in [4.78, 5) is 41.6. The molecule has 0 aromatic carbocycles. The molecule has 41 heavy (non-hydrogen) atoms. The molecule has 7 nitrogen and oxygen atoms in total. The van der Waals surface area contributed by atoms with Crippen LogP contribution in [0, 0.1) is 55.7 Å². The molecule has 5 aliphatic rings. The van der Waals surface area contributed by atoms with Crippen LogP contribution in [0.1, 0.15) is 93.4 Å². The number of likely N-dealkylation sites (N-methyl/N-ethyl adjacent to an activating group) is 1. The second-order valence-corrected chi connectivity index (χ2v) is 16.1. The average molecular weight is 565 g/mol. The second-order valence-electron chi connectivity index (χ2n) is 16.1. The van der Waals surface area contributed by atoms with Gasteiger partial charge >= 0.3 is 0 Å². The number of fused-ring (bicyclic) bond motifs is 7. The number of rotatable bonds is 3. The SMILES string of the molecule is CN(C[C@@]1(C)CC[C@]2(C)CC[C@@]3(C)[C@]4(C)CC[C@H]5C(C)(C)C(=O)C(C#N)=C[C@]5(C)C4=CC(=O)[C@]3(O)[C@@H]2C1)C(=O)CO. The smallest absolute Gasteiger partial charge is 0.248 e. The number of hydrogen-bond donors (Lipinski definition) is 2. The first-order valence-corrected chi connectivity index (χ1v) is 15.3. The topological polar surface area (TPSA) is 119 Å². The minimum absolute atomic E-state index is 0.0482. The zero-order valence-corrected chi connectivity index (χ0v) is 26.2. The van der Waals surface area contributed by atoms with E-state index >= 15 is 0 Å². The van der Waals surface area contributed by atoms with Crippen molar-refractivity contribution in [1.82, 2.24) is 4.90 Å². The summed E-state index contributed by atoms with van der Waals surface area (Å²) in [5.41, 5.74) is -3.59. The van der Waals surface area contributed by atoms with Crippen molar-refractivity contribution in [2.24, 2.45) is 44.3 Å². The van der Waals surface area contributed by atoms with Gasteiger partial charge in [-0.15, -0.1) is 0 Å². The third-order valence-electron chi connectivity index (χ3n) is 13.5. The highest BCUT2D eigenvalue weighted by molar-refractivity contribution is 6.05. The normalized spacial score (nSPS) is 46.6. The number of aliphatic hydroxyl groups excluding tert-OH is 1. The summed E-state index contributed by atoms with van der Waals surface area (Å²) in [5.74, 6) is -1.04. The molecule has 7 heteroatoms. The van der Waals surface area contributed by atoms with Gasteiger partial charge in [-0.2, -0.15) is 5.26 Å². The number of ketones is 2. The molecule has 224 valence electrons. The lowest BCUT2D eigenvalue weighted by Crippen LogP contribution is -2.74. The number of allylic oxidation sites excluding steroid dienone is 3. The van der Waals surface area contributed by atoms with Gasteiger partial charge in [-0.1, -0.05) is 54.5 Å². The summed E-state index contributed by atoms with van der Waals surface area (Å²) in [7, 11) is 1.71. The average Bonchev–Trinajstić information content (AvgIpc) is 2.90. The molecule has 3 fully saturated rings. The van der Waals surface area contributed by atoms with Crippen LogP contribution in [0.15, 0.2) is 23.3 Å². The van der Waals surface area contributed by atoms with Crippen LogP contribution in [0.25, 0.3) is 0 Å². The molecule has 3 saturated carbocycles. The largest absolute Gasteiger partial charge is 0.387 e. The number of Topliss-reactive ketones (excluding diaryl/α,β-unsaturated/α-hetero) is 1. The third kappa shape index (κ3) is 3.65. The molecule has 2 N–H and O–H groups in total. The van der Waals surface area contributed by atoms with Crippen LogP contribution < -0.4 is 0 Å². The predicted molar refractivity (Wildman–Crippen MR) is 155 cm³/mol. The van der Waals surface area contributed by atoms with Crippen LogP contribution >= 0.6 is 0 Å². The molecule has 0 bridgehead atoms. The fourth-order valence-electron chi connectivity index (χ4n) is 10.8. The predicted octanol–water partition coefficient (Wildman–Crippen LogP) is 4.77. The lowest BCUT2D eigenvalue weighted by atomic mass is 9.33. The van der Waals surface area contributed by atoms with E-state index in [1.807, 2.05) is 19.9 Å². The maximum atomic E-state index is 14.6. The van der Waals surface area contributed by atoms with E-state index in [1.165, 1.54) is 0 Å². The van der Waals surface area contributed by atoms with Gasteiger partial charge in [0.2, 0.25) is 5.91 Å². The molecule has 0 spiro atoms. The van der Waals surface area contributed by atoms with E-state index in [-0.39, 0.29) is 45.7 Å².